The molecule has 0 saturated carbocycles. The summed E-state index contributed by atoms with van der Waals surface area (Å²) in [7, 11) is 0. The first-order valence-corrected chi connectivity index (χ1v) is 9.36. The van der Waals surface area contributed by atoms with Crippen LogP contribution in [0.25, 0.3) is 10.9 Å². The zero-order valence-electron chi connectivity index (χ0n) is 14.6. The van der Waals surface area contributed by atoms with Gasteiger partial charge in [-0.2, -0.15) is 0 Å². The molecule has 0 bridgehead atoms. The van der Waals surface area contributed by atoms with Crippen LogP contribution in [-0.4, -0.2) is 40.4 Å². The molecule has 1 amide bonds. The van der Waals surface area contributed by atoms with Crippen molar-refractivity contribution in [1.82, 2.24) is 14.8 Å². The largest absolute Gasteiger partial charge is 0.361 e. The average Bonchev–Trinajstić information content (AvgIpc) is 3.27. The molecule has 1 aliphatic heterocycles. The maximum atomic E-state index is 12.6. The predicted octanol–water partition coefficient (Wildman–Crippen LogP) is 4.06. The molecule has 4 nitrogen and oxygen atoms in total. The van der Waals surface area contributed by atoms with Gasteiger partial charge >= 0.3 is 0 Å². The molecule has 5 heteroatoms. The SMILES string of the molecule is O=C(CCc1c[nH]c2ccc(Cl)cc12)N1CCN(Cc2ccccc2)C1. The number of nitrogens with zero attached hydrogens (tertiary/aromatic N) is 2. The van der Waals surface area contributed by atoms with Crippen LogP contribution in [0.5, 0.6) is 0 Å². The van der Waals surface area contributed by atoms with Gasteiger partial charge in [0, 0.05) is 48.2 Å². The van der Waals surface area contributed by atoms with Gasteiger partial charge < -0.3 is 9.88 Å². The third-order valence-electron chi connectivity index (χ3n) is 5.00. The van der Waals surface area contributed by atoms with Gasteiger partial charge in [-0.25, -0.2) is 0 Å². The van der Waals surface area contributed by atoms with E-state index in [0.717, 1.165) is 47.5 Å². The predicted molar refractivity (Wildman–Crippen MR) is 105 cm³/mol. The molecule has 1 N–H and O–H groups in total. The lowest BCUT2D eigenvalue weighted by atomic mass is 10.1. The Morgan fingerprint density at radius 1 is 1.12 bits per heavy atom. The average molecular weight is 368 g/mol. The van der Waals surface area contributed by atoms with Gasteiger partial charge in [0.05, 0.1) is 6.67 Å². The van der Waals surface area contributed by atoms with E-state index in [4.69, 9.17) is 11.6 Å². The standard InChI is InChI=1S/C21H22ClN3O/c22-18-7-8-20-19(12-18)17(13-23-20)6-9-21(26)25-11-10-24(15-25)14-16-4-2-1-3-5-16/h1-5,7-8,12-13,23H,6,9-11,14-15H2. The number of aryl methyl sites for hydroxylation is 1. The van der Waals surface area contributed by atoms with Gasteiger partial charge in [-0.05, 0) is 35.7 Å². The highest BCUT2D eigenvalue weighted by molar-refractivity contribution is 6.31. The van der Waals surface area contributed by atoms with Crippen molar-refractivity contribution in [3.05, 3.63) is 70.9 Å². The lowest BCUT2D eigenvalue weighted by Gasteiger charge is -2.18. The summed E-state index contributed by atoms with van der Waals surface area (Å²) in [5, 5.41) is 1.83. The summed E-state index contributed by atoms with van der Waals surface area (Å²) in [4.78, 5) is 20.1. The Balaban J connectivity index is 1.33. The van der Waals surface area contributed by atoms with Crippen molar-refractivity contribution in [3.8, 4) is 0 Å². The molecule has 134 valence electrons. The second-order valence-electron chi connectivity index (χ2n) is 6.84. The molecule has 0 spiro atoms. The molecule has 1 aromatic heterocycles. The zero-order valence-corrected chi connectivity index (χ0v) is 15.4. The normalized spacial score (nSPS) is 15.0. The maximum absolute atomic E-state index is 12.6. The second kappa shape index (κ2) is 7.52. The van der Waals surface area contributed by atoms with Crippen LogP contribution in [0.3, 0.4) is 0 Å². The maximum Gasteiger partial charge on any atom is 0.223 e. The van der Waals surface area contributed by atoms with Crippen molar-refractivity contribution in [2.75, 3.05) is 19.8 Å². The number of rotatable bonds is 5. The summed E-state index contributed by atoms with van der Waals surface area (Å²) in [6.45, 7) is 3.35. The number of benzene rings is 2. The van der Waals surface area contributed by atoms with Crippen LogP contribution in [0.4, 0.5) is 0 Å². The number of carbonyl (C=O) groups excluding carboxylic acids is 1. The first kappa shape index (κ1) is 17.1. The van der Waals surface area contributed by atoms with E-state index >= 15 is 0 Å². The molecule has 2 aromatic carbocycles. The van der Waals surface area contributed by atoms with E-state index in [1.165, 1.54) is 5.56 Å². The number of carbonyl (C=O) groups is 1. The Bertz CT molecular complexity index is 906. The molecule has 0 atom stereocenters. The molecule has 4 rings (SSSR count). The summed E-state index contributed by atoms with van der Waals surface area (Å²) in [5.74, 6) is 0.219. The van der Waals surface area contributed by atoms with Gasteiger partial charge in [-0.3, -0.25) is 9.69 Å². The minimum absolute atomic E-state index is 0.219. The molecule has 2 heterocycles. The van der Waals surface area contributed by atoms with Gasteiger partial charge in [-0.15, -0.1) is 0 Å². The molecule has 0 unspecified atom stereocenters. The molecule has 0 aliphatic carbocycles. The van der Waals surface area contributed by atoms with Gasteiger partial charge in [0.25, 0.3) is 0 Å². The lowest BCUT2D eigenvalue weighted by Crippen LogP contribution is -2.31. The smallest absolute Gasteiger partial charge is 0.223 e. The topological polar surface area (TPSA) is 39.3 Å². The van der Waals surface area contributed by atoms with Crippen LogP contribution in [-0.2, 0) is 17.8 Å². The summed E-state index contributed by atoms with van der Waals surface area (Å²) >= 11 is 6.10. The fourth-order valence-corrected chi connectivity index (χ4v) is 3.75. The Kier molecular flexibility index (Phi) is 4.96. The summed E-state index contributed by atoms with van der Waals surface area (Å²) in [6.07, 6.45) is 3.24. The molecule has 1 saturated heterocycles. The van der Waals surface area contributed by atoms with Crippen LogP contribution in [0.2, 0.25) is 5.02 Å². The number of halogens is 1. The number of aromatic amines is 1. The van der Waals surface area contributed by atoms with Crippen molar-refractivity contribution in [2.24, 2.45) is 0 Å². The molecular formula is C21H22ClN3O. The number of H-pyrrole nitrogens is 1. The van der Waals surface area contributed by atoms with E-state index in [0.29, 0.717) is 13.1 Å². The molecule has 26 heavy (non-hydrogen) atoms. The van der Waals surface area contributed by atoms with Crippen molar-refractivity contribution >= 4 is 28.4 Å². The van der Waals surface area contributed by atoms with Gasteiger partial charge in [0.2, 0.25) is 5.91 Å². The van der Waals surface area contributed by atoms with E-state index < -0.39 is 0 Å². The number of nitrogens with one attached hydrogen (secondary N) is 1. The van der Waals surface area contributed by atoms with E-state index in [2.05, 4.69) is 34.1 Å². The molecule has 3 aromatic rings. The number of amides is 1. The lowest BCUT2D eigenvalue weighted by molar-refractivity contribution is -0.130. The van der Waals surface area contributed by atoms with Gasteiger partial charge in [-0.1, -0.05) is 41.9 Å². The summed E-state index contributed by atoms with van der Waals surface area (Å²) in [6, 6.07) is 16.2. The van der Waals surface area contributed by atoms with E-state index in [1.807, 2.05) is 35.4 Å². The Hall–Kier alpha value is -2.30. The van der Waals surface area contributed by atoms with Gasteiger partial charge in [0.1, 0.15) is 0 Å². The van der Waals surface area contributed by atoms with Crippen LogP contribution < -0.4 is 0 Å². The van der Waals surface area contributed by atoms with E-state index in [-0.39, 0.29) is 5.91 Å². The number of aromatic nitrogens is 1. The monoisotopic (exact) mass is 367 g/mol. The third-order valence-corrected chi connectivity index (χ3v) is 5.23. The fourth-order valence-electron chi connectivity index (χ4n) is 3.58. The number of hydrogen-bond acceptors (Lipinski definition) is 2. The minimum Gasteiger partial charge on any atom is -0.361 e. The van der Waals surface area contributed by atoms with E-state index in [9.17, 15) is 4.79 Å². The third kappa shape index (κ3) is 3.76. The van der Waals surface area contributed by atoms with Crippen LogP contribution >= 0.6 is 11.6 Å². The molecule has 1 aliphatic rings. The summed E-state index contributed by atoms with van der Waals surface area (Å²) < 4.78 is 0. The highest BCUT2D eigenvalue weighted by atomic mass is 35.5. The zero-order chi connectivity index (χ0) is 17.9. The Morgan fingerprint density at radius 2 is 1.96 bits per heavy atom. The van der Waals surface area contributed by atoms with Gasteiger partial charge in [0.15, 0.2) is 0 Å². The number of fused-ring (bicyclic) bond motifs is 1. The quantitative estimate of drug-likeness (QED) is 0.738. The van der Waals surface area contributed by atoms with Crippen LogP contribution in [0.1, 0.15) is 17.5 Å². The van der Waals surface area contributed by atoms with Crippen LogP contribution in [0.15, 0.2) is 54.7 Å². The van der Waals surface area contributed by atoms with Crippen molar-refractivity contribution in [1.29, 1.82) is 0 Å². The first-order chi connectivity index (χ1) is 12.7. The first-order valence-electron chi connectivity index (χ1n) is 8.98. The minimum atomic E-state index is 0.219. The second-order valence-corrected chi connectivity index (χ2v) is 7.28. The van der Waals surface area contributed by atoms with Crippen molar-refractivity contribution in [2.45, 2.75) is 19.4 Å². The molecule has 1 fully saturated rings. The summed E-state index contributed by atoms with van der Waals surface area (Å²) in [5.41, 5.74) is 3.50. The highest BCUT2D eigenvalue weighted by Gasteiger charge is 2.24. The Labute approximate surface area is 158 Å². The number of hydrogen-bond donors (Lipinski definition) is 1. The Morgan fingerprint density at radius 3 is 2.81 bits per heavy atom. The van der Waals surface area contributed by atoms with Crippen LogP contribution in [0, 0.1) is 0 Å². The highest BCUT2D eigenvalue weighted by Crippen LogP contribution is 2.23. The van der Waals surface area contributed by atoms with Crippen molar-refractivity contribution in [3.63, 3.8) is 0 Å². The fraction of sp³-hybridized carbons (Fsp3) is 0.286. The van der Waals surface area contributed by atoms with Crippen molar-refractivity contribution < 1.29 is 4.79 Å². The molecular weight excluding hydrogens is 346 g/mol. The van der Waals surface area contributed by atoms with E-state index in [1.54, 1.807) is 0 Å². The molecule has 0 radical (unpaired) electrons.